The second-order valence-corrected chi connectivity index (χ2v) is 5.67. The fraction of sp³-hybridized carbons (Fsp3) is 0.562. The molecule has 5 heteroatoms. The number of aliphatic imine (C=N–C) groups is 1. The van der Waals surface area contributed by atoms with Crippen molar-refractivity contribution in [2.75, 3.05) is 20.6 Å². The van der Waals surface area contributed by atoms with Gasteiger partial charge in [0.05, 0.1) is 6.54 Å². The van der Waals surface area contributed by atoms with Crippen LogP contribution >= 0.6 is 24.0 Å². The summed E-state index contributed by atoms with van der Waals surface area (Å²) in [4.78, 5) is 6.82. The zero-order chi connectivity index (χ0) is 14.4. The molecule has 0 bridgehead atoms. The highest BCUT2D eigenvalue weighted by Crippen LogP contribution is 2.18. The Morgan fingerprint density at radius 2 is 1.81 bits per heavy atom. The maximum atomic E-state index is 4.64. The highest BCUT2D eigenvalue weighted by Gasteiger charge is 2.21. The molecule has 0 atom stereocenters. The lowest BCUT2D eigenvalue weighted by molar-refractivity contribution is 0.402. The third kappa shape index (κ3) is 7.13. The smallest absolute Gasteiger partial charge is 0.191 e. The lowest BCUT2D eigenvalue weighted by Gasteiger charge is -2.11. The minimum atomic E-state index is 0. The van der Waals surface area contributed by atoms with Crippen LogP contribution < -0.4 is 10.6 Å². The van der Waals surface area contributed by atoms with Crippen LogP contribution in [0.5, 0.6) is 0 Å². The van der Waals surface area contributed by atoms with Crippen LogP contribution in [0.1, 0.15) is 30.9 Å². The summed E-state index contributed by atoms with van der Waals surface area (Å²) in [5.74, 6) is 0.937. The largest absolute Gasteiger partial charge is 0.357 e. The lowest BCUT2D eigenvalue weighted by atomic mass is 10.1. The first-order valence-corrected chi connectivity index (χ1v) is 7.44. The number of halogens is 1. The fourth-order valence-electron chi connectivity index (χ4n) is 2.03. The number of nitrogens with zero attached hydrogens (tertiary/aromatic N) is 2. The second kappa shape index (κ2) is 9.25. The van der Waals surface area contributed by atoms with Crippen molar-refractivity contribution in [3.8, 4) is 0 Å². The molecule has 1 aliphatic rings. The molecule has 0 saturated heterocycles. The van der Waals surface area contributed by atoms with Gasteiger partial charge in [0.1, 0.15) is 0 Å². The van der Waals surface area contributed by atoms with E-state index < -0.39 is 0 Å². The van der Waals surface area contributed by atoms with Gasteiger partial charge in [-0.05, 0) is 45.0 Å². The van der Waals surface area contributed by atoms with Crippen LogP contribution in [0.25, 0.3) is 0 Å². The average molecular weight is 402 g/mol. The molecule has 0 spiro atoms. The van der Waals surface area contributed by atoms with E-state index in [9.17, 15) is 0 Å². The molecule has 0 amide bonds. The number of rotatable bonds is 6. The summed E-state index contributed by atoms with van der Waals surface area (Å²) >= 11 is 0. The van der Waals surface area contributed by atoms with Crippen LogP contribution in [-0.4, -0.2) is 37.5 Å². The van der Waals surface area contributed by atoms with Gasteiger partial charge in [0.2, 0.25) is 0 Å². The normalized spacial score (nSPS) is 14.8. The van der Waals surface area contributed by atoms with Crippen molar-refractivity contribution in [1.82, 2.24) is 15.5 Å². The van der Waals surface area contributed by atoms with E-state index in [-0.39, 0.29) is 24.0 Å². The molecule has 0 heterocycles. The molecule has 0 aliphatic heterocycles. The molecule has 118 valence electrons. The highest BCUT2D eigenvalue weighted by atomic mass is 127. The van der Waals surface area contributed by atoms with Crippen LogP contribution in [0.4, 0.5) is 0 Å². The Balaban J connectivity index is 0.00000220. The summed E-state index contributed by atoms with van der Waals surface area (Å²) in [6.07, 6.45) is 2.54. The first kappa shape index (κ1) is 18.2. The average Bonchev–Trinajstić information content (AvgIpc) is 3.21. The molecular formula is C16H27IN4. The second-order valence-electron chi connectivity index (χ2n) is 5.67. The van der Waals surface area contributed by atoms with Gasteiger partial charge < -0.3 is 15.5 Å². The summed E-state index contributed by atoms with van der Waals surface area (Å²) < 4.78 is 0. The van der Waals surface area contributed by atoms with Crippen molar-refractivity contribution >= 4 is 29.9 Å². The van der Waals surface area contributed by atoms with E-state index in [1.807, 2.05) is 0 Å². The van der Waals surface area contributed by atoms with Gasteiger partial charge in [-0.15, -0.1) is 24.0 Å². The topological polar surface area (TPSA) is 39.7 Å². The Bertz CT molecular complexity index is 438. The first-order valence-electron chi connectivity index (χ1n) is 7.44. The molecule has 4 nitrogen and oxygen atoms in total. The molecule has 0 aromatic heterocycles. The number of guanidine groups is 1. The monoisotopic (exact) mass is 402 g/mol. The molecule has 0 radical (unpaired) electrons. The minimum Gasteiger partial charge on any atom is -0.357 e. The molecule has 0 unspecified atom stereocenters. The van der Waals surface area contributed by atoms with Crippen molar-refractivity contribution in [1.29, 1.82) is 0 Å². The molecule has 2 N–H and O–H groups in total. The van der Waals surface area contributed by atoms with Gasteiger partial charge in [-0.3, -0.25) is 0 Å². The molecule has 2 rings (SSSR count). The Kier molecular flexibility index (Phi) is 8.03. The maximum Gasteiger partial charge on any atom is 0.191 e. The zero-order valence-corrected chi connectivity index (χ0v) is 15.6. The molecule has 1 aliphatic carbocycles. The Hall–Kier alpha value is -0.820. The maximum absolute atomic E-state index is 4.64. The number of nitrogens with one attached hydrogen (secondary N) is 2. The van der Waals surface area contributed by atoms with E-state index >= 15 is 0 Å². The van der Waals surface area contributed by atoms with Gasteiger partial charge in [-0.1, -0.05) is 24.3 Å². The van der Waals surface area contributed by atoms with E-state index in [1.165, 1.54) is 24.0 Å². The van der Waals surface area contributed by atoms with Crippen molar-refractivity contribution < 1.29 is 0 Å². The van der Waals surface area contributed by atoms with Crippen LogP contribution in [0.2, 0.25) is 0 Å². The van der Waals surface area contributed by atoms with E-state index in [1.54, 1.807) is 0 Å². The number of hydrogen-bond donors (Lipinski definition) is 2. The first-order chi connectivity index (χ1) is 9.67. The SMILES string of the molecule is CCNC(=NCc1ccc(CN(C)C)cc1)NC1CC1.I. The third-order valence-corrected chi connectivity index (χ3v) is 3.20. The Labute approximate surface area is 145 Å². The lowest BCUT2D eigenvalue weighted by Crippen LogP contribution is -2.38. The van der Waals surface area contributed by atoms with Crippen molar-refractivity contribution in [3.05, 3.63) is 35.4 Å². The van der Waals surface area contributed by atoms with Crippen LogP contribution in [0.3, 0.4) is 0 Å². The van der Waals surface area contributed by atoms with E-state index in [0.29, 0.717) is 6.04 Å². The van der Waals surface area contributed by atoms with Crippen molar-refractivity contribution in [2.45, 2.75) is 38.9 Å². The molecular weight excluding hydrogens is 375 g/mol. The summed E-state index contributed by atoms with van der Waals surface area (Å²) in [5.41, 5.74) is 2.59. The number of hydrogen-bond acceptors (Lipinski definition) is 2. The standard InChI is InChI=1S/C16H26N4.HI/c1-4-17-16(19-15-9-10-15)18-11-13-5-7-14(8-6-13)12-20(2)3;/h5-8,15H,4,9-12H2,1-3H3,(H2,17,18,19);1H. The molecule has 1 fully saturated rings. The molecule has 1 aromatic carbocycles. The van der Waals surface area contributed by atoms with Gasteiger partial charge in [-0.2, -0.15) is 0 Å². The van der Waals surface area contributed by atoms with Gasteiger partial charge in [0, 0.05) is 19.1 Å². The van der Waals surface area contributed by atoms with E-state index in [0.717, 1.165) is 25.6 Å². The summed E-state index contributed by atoms with van der Waals surface area (Å²) in [7, 11) is 4.18. The molecule has 21 heavy (non-hydrogen) atoms. The summed E-state index contributed by atoms with van der Waals surface area (Å²) in [6.45, 7) is 4.71. The Morgan fingerprint density at radius 3 is 2.33 bits per heavy atom. The van der Waals surface area contributed by atoms with E-state index in [4.69, 9.17) is 0 Å². The third-order valence-electron chi connectivity index (χ3n) is 3.20. The number of benzene rings is 1. The van der Waals surface area contributed by atoms with Crippen LogP contribution in [-0.2, 0) is 13.1 Å². The van der Waals surface area contributed by atoms with Gasteiger partial charge in [0.25, 0.3) is 0 Å². The Morgan fingerprint density at radius 1 is 1.19 bits per heavy atom. The molecule has 1 aromatic rings. The summed E-state index contributed by atoms with van der Waals surface area (Å²) in [5, 5.41) is 6.73. The van der Waals surface area contributed by atoms with Gasteiger partial charge in [-0.25, -0.2) is 4.99 Å². The molecule has 1 saturated carbocycles. The van der Waals surface area contributed by atoms with Gasteiger partial charge in [0.15, 0.2) is 5.96 Å². The fourth-order valence-corrected chi connectivity index (χ4v) is 2.03. The predicted octanol–water partition coefficient (Wildman–Crippen LogP) is 2.58. The van der Waals surface area contributed by atoms with Crippen LogP contribution in [0, 0.1) is 0 Å². The van der Waals surface area contributed by atoms with Crippen molar-refractivity contribution in [2.24, 2.45) is 4.99 Å². The van der Waals surface area contributed by atoms with E-state index in [2.05, 4.69) is 65.8 Å². The van der Waals surface area contributed by atoms with Gasteiger partial charge >= 0.3 is 0 Å². The van der Waals surface area contributed by atoms with Crippen molar-refractivity contribution in [3.63, 3.8) is 0 Å². The quantitative estimate of drug-likeness (QED) is 0.437. The highest BCUT2D eigenvalue weighted by molar-refractivity contribution is 14.0. The minimum absolute atomic E-state index is 0. The van der Waals surface area contributed by atoms with Crippen LogP contribution in [0.15, 0.2) is 29.3 Å². The summed E-state index contributed by atoms with van der Waals surface area (Å²) in [6, 6.07) is 9.35. The predicted molar refractivity (Wildman–Crippen MR) is 100 cm³/mol. The zero-order valence-electron chi connectivity index (χ0n) is 13.2.